The van der Waals surface area contributed by atoms with Crippen molar-refractivity contribution >= 4 is 34.7 Å². The summed E-state index contributed by atoms with van der Waals surface area (Å²) in [7, 11) is 5.63. The third-order valence-corrected chi connectivity index (χ3v) is 5.19. The van der Waals surface area contributed by atoms with E-state index >= 15 is 0 Å². The van der Waals surface area contributed by atoms with Crippen molar-refractivity contribution in [1.82, 2.24) is 5.32 Å². The van der Waals surface area contributed by atoms with Crippen LogP contribution in [0.3, 0.4) is 0 Å². The van der Waals surface area contributed by atoms with Gasteiger partial charge in [0.1, 0.15) is 5.75 Å². The highest BCUT2D eigenvalue weighted by Gasteiger charge is 2.30. The molecule has 2 aromatic carbocycles. The number of amides is 1. The molecule has 0 aliphatic carbocycles. The summed E-state index contributed by atoms with van der Waals surface area (Å²) in [4.78, 5) is 14.2. The van der Waals surface area contributed by atoms with Crippen LogP contribution in [0.4, 0.5) is 5.69 Å². The summed E-state index contributed by atoms with van der Waals surface area (Å²) in [5.41, 5.74) is 3.15. The number of hydrogen-bond donors (Lipinski definition) is 1. The highest BCUT2D eigenvalue weighted by molar-refractivity contribution is 8.15. The summed E-state index contributed by atoms with van der Waals surface area (Å²) < 4.78 is 5.15. The number of benzene rings is 2. The largest absolute Gasteiger partial charge is 0.497 e. The van der Waals surface area contributed by atoms with E-state index in [1.54, 1.807) is 13.3 Å². The van der Waals surface area contributed by atoms with Crippen LogP contribution in [0.2, 0.25) is 0 Å². The summed E-state index contributed by atoms with van der Waals surface area (Å²) in [6, 6.07) is 15.7. The van der Waals surface area contributed by atoms with Gasteiger partial charge in [-0.1, -0.05) is 36.0 Å². The van der Waals surface area contributed by atoms with Gasteiger partial charge in [-0.05, 0) is 41.8 Å². The Balaban J connectivity index is 1.58. The van der Waals surface area contributed by atoms with Gasteiger partial charge in [0, 0.05) is 19.8 Å². The molecule has 0 spiro atoms. The quantitative estimate of drug-likeness (QED) is 0.616. The van der Waals surface area contributed by atoms with E-state index < -0.39 is 0 Å². The molecule has 0 aromatic heterocycles. The first-order valence-corrected chi connectivity index (χ1v) is 9.42. The Morgan fingerprint density at radius 1 is 1.15 bits per heavy atom. The monoisotopic (exact) mass is 382 g/mol. The van der Waals surface area contributed by atoms with Crippen LogP contribution in [0.15, 0.2) is 58.7 Å². The van der Waals surface area contributed by atoms with Crippen LogP contribution in [0.1, 0.15) is 11.1 Å². The number of rotatable bonds is 6. The molecule has 1 heterocycles. The molecule has 1 fully saturated rings. The topological polar surface area (TPSA) is 66.3 Å². The van der Waals surface area contributed by atoms with Crippen LogP contribution in [-0.4, -0.2) is 43.7 Å². The molecule has 6 nitrogen and oxygen atoms in total. The molecule has 1 amide bonds. The van der Waals surface area contributed by atoms with E-state index in [0.717, 1.165) is 22.6 Å². The predicted molar refractivity (Wildman–Crippen MR) is 112 cm³/mol. The normalized spacial score (nSPS) is 18.1. The minimum Gasteiger partial charge on any atom is -0.497 e. The lowest BCUT2D eigenvalue weighted by atomic mass is 10.1. The predicted octanol–water partition coefficient (Wildman–Crippen LogP) is 2.93. The molecular formula is C20H22N4O2S. The fraction of sp³-hybridized carbons (Fsp3) is 0.250. The molecule has 1 N–H and O–H groups in total. The smallest absolute Gasteiger partial charge is 0.239 e. The molecule has 0 radical (unpaired) electrons. The lowest BCUT2D eigenvalue weighted by Crippen LogP contribution is -2.25. The van der Waals surface area contributed by atoms with Gasteiger partial charge in [-0.2, -0.15) is 5.10 Å². The number of nitrogens with zero attached hydrogens (tertiary/aromatic N) is 3. The highest BCUT2D eigenvalue weighted by Crippen LogP contribution is 2.24. The van der Waals surface area contributed by atoms with Crippen molar-refractivity contribution < 1.29 is 9.53 Å². The fourth-order valence-corrected chi connectivity index (χ4v) is 3.53. The molecule has 140 valence electrons. The number of anilines is 1. The van der Waals surface area contributed by atoms with Gasteiger partial charge in [-0.25, -0.2) is 0 Å². The maximum atomic E-state index is 12.2. The second kappa shape index (κ2) is 8.73. The van der Waals surface area contributed by atoms with Crippen LogP contribution in [0, 0.1) is 0 Å². The third-order valence-electron chi connectivity index (χ3n) is 4.12. The maximum Gasteiger partial charge on any atom is 0.239 e. The maximum absolute atomic E-state index is 12.2. The molecule has 1 saturated heterocycles. The van der Waals surface area contributed by atoms with E-state index in [4.69, 9.17) is 4.74 Å². The number of thioether (sulfide) groups is 1. The lowest BCUT2D eigenvalue weighted by Gasteiger charge is -2.11. The first-order valence-electron chi connectivity index (χ1n) is 8.54. The zero-order valence-corrected chi connectivity index (χ0v) is 16.4. The summed E-state index contributed by atoms with van der Waals surface area (Å²) in [5.74, 6) is 0.762. The average Bonchev–Trinajstić information content (AvgIpc) is 3.02. The molecule has 1 atom stereocenters. The molecule has 27 heavy (non-hydrogen) atoms. The number of hydrogen-bond acceptors (Lipinski definition) is 6. The molecule has 0 unspecified atom stereocenters. The van der Waals surface area contributed by atoms with Gasteiger partial charge in [0.2, 0.25) is 5.91 Å². The number of ether oxygens (including phenoxy) is 1. The van der Waals surface area contributed by atoms with Crippen LogP contribution in [0.5, 0.6) is 5.75 Å². The van der Waals surface area contributed by atoms with Crippen molar-refractivity contribution in [1.29, 1.82) is 0 Å². The average molecular weight is 382 g/mol. The molecule has 1 aliphatic rings. The van der Waals surface area contributed by atoms with E-state index in [2.05, 4.69) is 15.5 Å². The second-order valence-electron chi connectivity index (χ2n) is 6.28. The van der Waals surface area contributed by atoms with Crippen molar-refractivity contribution in [2.24, 2.45) is 10.2 Å². The number of nitrogens with one attached hydrogen (secondary N) is 1. The van der Waals surface area contributed by atoms with E-state index in [1.165, 1.54) is 11.8 Å². The van der Waals surface area contributed by atoms with Crippen LogP contribution < -0.4 is 15.0 Å². The van der Waals surface area contributed by atoms with E-state index in [9.17, 15) is 4.79 Å². The van der Waals surface area contributed by atoms with Gasteiger partial charge < -0.3 is 15.0 Å². The fourth-order valence-electron chi connectivity index (χ4n) is 2.57. The Morgan fingerprint density at radius 2 is 1.85 bits per heavy atom. The van der Waals surface area contributed by atoms with Gasteiger partial charge in [0.15, 0.2) is 5.17 Å². The Bertz CT molecular complexity index is 845. The van der Waals surface area contributed by atoms with E-state index in [0.29, 0.717) is 11.6 Å². The van der Waals surface area contributed by atoms with Crippen molar-refractivity contribution in [2.45, 2.75) is 11.7 Å². The number of amidine groups is 1. The first-order chi connectivity index (χ1) is 13.0. The van der Waals surface area contributed by atoms with Crippen LogP contribution in [-0.2, 0) is 11.2 Å². The summed E-state index contributed by atoms with van der Waals surface area (Å²) in [6.45, 7) is 0. The van der Waals surface area contributed by atoms with Gasteiger partial charge >= 0.3 is 0 Å². The minimum atomic E-state index is -0.202. The number of methoxy groups -OCH3 is 1. The lowest BCUT2D eigenvalue weighted by molar-refractivity contribution is -0.118. The van der Waals surface area contributed by atoms with Crippen molar-refractivity contribution in [3.05, 3.63) is 59.7 Å². The van der Waals surface area contributed by atoms with Gasteiger partial charge in [-0.15, -0.1) is 5.10 Å². The van der Waals surface area contributed by atoms with E-state index in [-0.39, 0.29) is 11.2 Å². The molecule has 7 heteroatoms. The summed E-state index contributed by atoms with van der Waals surface area (Å²) in [5, 5.41) is 11.3. The van der Waals surface area contributed by atoms with Crippen molar-refractivity contribution in [3.8, 4) is 5.75 Å². The Kier molecular flexibility index (Phi) is 6.13. The summed E-state index contributed by atoms with van der Waals surface area (Å²) in [6.07, 6.45) is 2.31. The Hall–Kier alpha value is -2.80. The van der Waals surface area contributed by atoms with Gasteiger partial charge in [-0.3, -0.25) is 4.79 Å². The minimum absolute atomic E-state index is 0.0416. The standard InChI is InChI=1S/C20H22N4O2S/c1-24(2)16-8-4-15(5-9-16)13-21-23-20-22-19(25)18(27-20)12-14-6-10-17(26-3)11-7-14/h4-11,13,18H,12H2,1-3H3,(H,22,23,25)/b21-13+/t18-/m1/s1. The number of carbonyl (C=O) groups is 1. The SMILES string of the molecule is COc1ccc(C[C@H]2S/C(=N/N=C/c3ccc(N(C)C)cc3)NC2=O)cc1. The Labute approximate surface area is 163 Å². The van der Waals surface area contributed by atoms with Crippen molar-refractivity contribution in [3.63, 3.8) is 0 Å². The highest BCUT2D eigenvalue weighted by atomic mass is 32.2. The summed E-state index contributed by atoms with van der Waals surface area (Å²) >= 11 is 1.40. The second-order valence-corrected chi connectivity index (χ2v) is 7.48. The molecule has 3 rings (SSSR count). The van der Waals surface area contributed by atoms with Crippen molar-refractivity contribution in [2.75, 3.05) is 26.1 Å². The van der Waals surface area contributed by atoms with E-state index in [1.807, 2.05) is 67.5 Å². The molecule has 0 bridgehead atoms. The first kappa shape index (κ1) is 19.0. The molecular weight excluding hydrogens is 360 g/mol. The number of carbonyl (C=O) groups excluding carboxylic acids is 1. The molecule has 0 saturated carbocycles. The molecule has 1 aliphatic heterocycles. The zero-order valence-electron chi connectivity index (χ0n) is 15.5. The van der Waals surface area contributed by atoms with Crippen LogP contribution in [0.25, 0.3) is 0 Å². The molecule has 2 aromatic rings. The van der Waals surface area contributed by atoms with Gasteiger partial charge in [0.25, 0.3) is 0 Å². The van der Waals surface area contributed by atoms with Gasteiger partial charge in [0.05, 0.1) is 18.6 Å². The Morgan fingerprint density at radius 3 is 2.48 bits per heavy atom. The van der Waals surface area contributed by atoms with Crippen LogP contribution >= 0.6 is 11.8 Å². The zero-order chi connectivity index (χ0) is 19.2. The third kappa shape index (κ3) is 5.10.